The molecule has 29 heavy (non-hydrogen) atoms. The molecule has 2 unspecified atom stereocenters. The number of methoxy groups -OCH3 is 1. The Morgan fingerprint density at radius 1 is 1.28 bits per heavy atom. The van der Waals surface area contributed by atoms with Gasteiger partial charge in [-0.1, -0.05) is 6.07 Å². The highest BCUT2D eigenvalue weighted by atomic mass is 16.5. The van der Waals surface area contributed by atoms with Gasteiger partial charge in [0.25, 0.3) is 0 Å². The van der Waals surface area contributed by atoms with E-state index < -0.39 is 0 Å². The second kappa shape index (κ2) is 11.3. The van der Waals surface area contributed by atoms with Crippen molar-refractivity contribution in [1.29, 1.82) is 0 Å². The second-order valence-corrected chi connectivity index (χ2v) is 7.82. The van der Waals surface area contributed by atoms with Gasteiger partial charge in [-0.15, -0.1) is 0 Å². The van der Waals surface area contributed by atoms with E-state index in [-0.39, 0.29) is 6.10 Å². The molecule has 0 aliphatic carbocycles. The Hall–Kier alpha value is -1.99. The van der Waals surface area contributed by atoms with Crippen molar-refractivity contribution >= 4 is 5.96 Å². The molecule has 2 aliphatic rings. The van der Waals surface area contributed by atoms with Gasteiger partial charge in [-0.25, -0.2) is 4.99 Å². The molecule has 0 radical (unpaired) electrons. The molecule has 7 heteroatoms. The molecule has 0 spiro atoms. The highest BCUT2D eigenvalue weighted by molar-refractivity contribution is 5.80. The van der Waals surface area contributed by atoms with Gasteiger partial charge in [0, 0.05) is 45.3 Å². The molecule has 1 aromatic rings. The van der Waals surface area contributed by atoms with Gasteiger partial charge in [0.1, 0.15) is 17.6 Å². The molecule has 2 heterocycles. The van der Waals surface area contributed by atoms with Crippen LogP contribution in [0, 0.1) is 5.92 Å². The number of likely N-dealkylation sites (tertiary alicyclic amines) is 1. The number of hydrogen-bond donors (Lipinski definition) is 1. The highest BCUT2D eigenvalue weighted by Crippen LogP contribution is 2.21. The molecule has 2 atom stereocenters. The Morgan fingerprint density at radius 3 is 2.83 bits per heavy atom. The second-order valence-electron chi connectivity index (χ2n) is 7.82. The van der Waals surface area contributed by atoms with Crippen LogP contribution in [0.3, 0.4) is 0 Å². The van der Waals surface area contributed by atoms with E-state index in [0.29, 0.717) is 12.5 Å². The van der Waals surface area contributed by atoms with Crippen molar-refractivity contribution in [2.24, 2.45) is 10.9 Å². The quantitative estimate of drug-likeness (QED) is 0.529. The maximum absolute atomic E-state index is 6.02. The number of nitrogens with zero attached hydrogens (tertiary/aromatic N) is 3. The third-order valence-corrected chi connectivity index (χ3v) is 5.42. The first kappa shape index (κ1) is 21.7. The van der Waals surface area contributed by atoms with Crippen molar-refractivity contribution in [3.8, 4) is 11.5 Å². The molecule has 0 amide bonds. The number of benzene rings is 1. The van der Waals surface area contributed by atoms with E-state index in [1.165, 1.54) is 6.42 Å². The highest BCUT2D eigenvalue weighted by Gasteiger charge is 2.27. The van der Waals surface area contributed by atoms with E-state index in [1.807, 2.05) is 24.3 Å². The fraction of sp³-hybridized carbons (Fsp3) is 0.682. The normalized spacial score (nSPS) is 21.8. The fourth-order valence-corrected chi connectivity index (χ4v) is 3.91. The molecule has 7 nitrogen and oxygen atoms in total. The van der Waals surface area contributed by atoms with Crippen LogP contribution in [0.4, 0.5) is 0 Å². The molecule has 162 valence electrons. The van der Waals surface area contributed by atoms with E-state index in [2.05, 4.69) is 29.0 Å². The Kier molecular flexibility index (Phi) is 8.43. The van der Waals surface area contributed by atoms with Crippen LogP contribution in [-0.4, -0.2) is 88.0 Å². The van der Waals surface area contributed by atoms with E-state index in [1.54, 1.807) is 7.11 Å². The smallest absolute Gasteiger partial charge is 0.194 e. The first-order valence-corrected chi connectivity index (χ1v) is 10.8. The summed E-state index contributed by atoms with van der Waals surface area (Å²) in [6.07, 6.45) is 1.21. The number of morpholine rings is 1. The lowest BCUT2D eigenvalue weighted by molar-refractivity contribution is 0.0315. The van der Waals surface area contributed by atoms with Crippen LogP contribution in [0.25, 0.3) is 0 Å². The van der Waals surface area contributed by atoms with Crippen molar-refractivity contribution in [1.82, 2.24) is 15.1 Å². The lowest BCUT2D eigenvalue weighted by Gasteiger charge is -2.29. The first-order chi connectivity index (χ1) is 14.2. The summed E-state index contributed by atoms with van der Waals surface area (Å²) in [4.78, 5) is 9.79. The van der Waals surface area contributed by atoms with Crippen molar-refractivity contribution < 1.29 is 14.2 Å². The molecule has 0 aromatic heterocycles. The van der Waals surface area contributed by atoms with E-state index in [4.69, 9.17) is 19.2 Å². The summed E-state index contributed by atoms with van der Waals surface area (Å²) in [5, 5.41) is 3.45. The minimum absolute atomic E-state index is 0.0116. The van der Waals surface area contributed by atoms with Gasteiger partial charge in [-0.05, 0) is 38.3 Å². The van der Waals surface area contributed by atoms with Crippen LogP contribution in [0.2, 0.25) is 0 Å². The van der Waals surface area contributed by atoms with Crippen LogP contribution in [0.1, 0.15) is 20.3 Å². The topological polar surface area (TPSA) is 58.6 Å². The SMILES string of the molecule is CCNC(=NCC(C)Oc1cccc(OC)c1)N1CCC(CN2CCOCC2)C1. The zero-order valence-corrected chi connectivity index (χ0v) is 18.1. The summed E-state index contributed by atoms with van der Waals surface area (Å²) in [6.45, 7) is 12.8. The summed E-state index contributed by atoms with van der Waals surface area (Å²) < 4.78 is 16.7. The maximum Gasteiger partial charge on any atom is 0.194 e. The van der Waals surface area contributed by atoms with E-state index in [9.17, 15) is 0 Å². The van der Waals surface area contributed by atoms with Gasteiger partial charge in [0.2, 0.25) is 0 Å². The molecule has 1 aromatic carbocycles. The predicted octanol–water partition coefficient (Wildman–Crippen LogP) is 2.08. The molecule has 0 bridgehead atoms. The van der Waals surface area contributed by atoms with Gasteiger partial charge in [0.15, 0.2) is 5.96 Å². The summed E-state index contributed by atoms with van der Waals surface area (Å²) in [5.74, 6) is 3.30. The minimum atomic E-state index is -0.0116. The van der Waals surface area contributed by atoms with Crippen LogP contribution in [0.5, 0.6) is 11.5 Å². The van der Waals surface area contributed by atoms with Crippen LogP contribution in [-0.2, 0) is 4.74 Å². The van der Waals surface area contributed by atoms with Crippen LogP contribution < -0.4 is 14.8 Å². The fourth-order valence-electron chi connectivity index (χ4n) is 3.91. The Morgan fingerprint density at radius 2 is 2.07 bits per heavy atom. The third-order valence-electron chi connectivity index (χ3n) is 5.42. The van der Waals surface area contributed by atoms with Gasteiger partial charge in [-0.3, -0.25) is 4.90 Å². The number of rotatable bonds is 8. The van der Waals surface area contributed by atoms with Crippen molar-refractivity contribution in [2.75, 3.05) is 66.1 Å². The van der Waals surface area contributed by atoms with E-state index >= 15 is 0 Å². The molecule has 2 aliphatic heterocycles. The van der Waals surface area contributed by atoms with Gasteiger partial charge < -0.3 is 24.4 Å². The number of nitrogens with one attached hydrogen (secondary N) is 1. The number of hydrogen-bond acceptors (Lipinski definition) is 5. The number of aliphatic imine (C=N–C) groups is 1. The molecule has 0 saturated carbocycles. The molecule has 1 N–H and O–H groups in total. The van der Waals surface area contributed by atoms with Crippen molar-refractivity contribution in [2.45, 2.75) is 26.4 Å². The summed E-state index contributed by atoms with van der Waals surface area (Å²) in [7, 11) is 1.66. The molecular formula is C22H36N4O3. The van der Waals surface area contributed by atoms with E-state index in [0.717, 1.165) is 69.9 Å². The molecule has 2 fully saturated rings. The zero-order valence-electron chi connectivity index (χ0n) is 18.1. The Labute approximate surface area is 175 Å². The predicted molar refractivity (Wildman–Crippen MR) is 116 cm³/mol. The standard InChI is InChI=1S/C22H36N4O3/c1-4-23-22(24-15-18(2)29-21-7-5-6-20(14-21)27-3)26-9-8-19(17-26)16-25-10-12-28-13-11-25/h5-7,14,18-19H,4,8-13,15-17H2,1-3H3,(H,23,24). The van der Waals surface area contributed by atoms with Crippen LogP contribution >= 0.6 is 0 Å². The monoisotopic (exact) mass is 404 g/mol. The van der Waals surface area contributed by atoms with Crippen molar-refractivity contribution in [3.05, 3.63) is 24.3 Å². The van der Waals surface area contributed by atoms with Crippen LogP contribution in [0.15, 0.2) is 29.3 Å². The summed E-state index contributed by atoms with van der Waals surface area (Å²) >= 11 is 0. The van der Waals surface area contributed by atoms with Crippen molar-refractivity contribution in [3.63, 3.8) is 0 Å². The Balaban J connectivity index is 1.50. The first-order valence-electron chi connectivity index (χ1n) is 10.8. The molecule has 3 rings (SSSR count). The average Bonchev–Trinajstić information content (AvgIpc) is 3.20. The molecular weight excluding hydrogens is 368 g/mol. The lowest BCUT2D eigenvalue weighted by atomic mass is 10.1. The average molecular weight is 405 g/mol. The summed E-state index contributed by atoms with van der Waals surface area (Å²) in [6, 6.07) is 7.71. The van der Waals surface area contributed by atoms with Gasteiger partial charge in [0.05, 0.1) is 26.9 Å². The third kappa shape index (κ3) is 6.78. The molecule has 2 saturated heterocycles. The Bertz CT molecular complexity index is 649. The minimum Gasteiger partial charge on any atom is -0.497 e. The van der Waals surface area contributed by atoms with Gasteiger partial charge in [-0.2, -0.15) is 0 Å². The zero-order chi connectivity index (χ0) is 20.5. The largest absolute Gasteiger partial charge is 0.497 e. The lowest BCUT2D eigenvalue weighted by Crippen LogP contribution is -2.42. The summed E-state index contributed by atoms with van der Waals surface area (Å²) in [5.41, 5.74) is 0. The number of guanidine groups is 1. The van der Waals surface area contributed by atoms with Gasteiger partial charge >= 0.3 is 0 Å². The number of ether oxygens (including phenoxy) is 3. The maximum atomic E-state index is 6.02.